The summed E-state index contributed by atoms with van der Waals surface area (Å²) in [6.45, 7) is 0.184. The van der Waals surface area contributed by atoms with E-state index >= 15 is 0 Å². The fourth-order valence-corrected chi connectivity index (χ4v) is 3.58. The Balaban J connectivity index is 2.54. The molecule has 0 atom stereocenters. The van der Waals surface area contributed by atoms with Crippen LogP contribution in [-0.4, -0.2) is 15.5 Å². The van der Waals surface area contributed by atoms with Gasteiger partial charge in [-0.25, -0.2) is 12.8 Å². The molecular formula is C14H14ClFN2O2S. The van der Waals surface area contributed by atoms with Crippen molar-refractivity contribution >= 4 is 27.3 Å². The summed E-state index contributed by atoms with van der Waals surface area (Å²) in [5.74, 6) is -0.630. The molecule has 0 spiro atoms. The number of benzene rings is 2. The van der Waals surface area contributed by atoms with Crippen molar-refractivity contribution in [3.05, 3.63) is 58.9 Å². The van der Waals surface area contributed by atoms with Crippen LogP contribution in [0.3, 0.4) is 0 Å². The van der Waals surface area contributed by atoms with Gasteiger partial charge >= 0.3 is 0 Å². The van der Waals surface area contributed by atoms with Crippen molar-refractivity contribution < 1.29 is 12.8 Å². The van der Waals surface area contributed by atoms with Crippen molar-refractivity contribution in [2.45, 2.75) is 11.4 Å². The third-order valence-electron chi connectivity index (χ3n) is 3.06. The van der Waals surface area contributed by atoms with Crippen LogP contribution < -0.4 is 10.0 Å². The Bertz CT molecular complexity index is 765. The molecule has 0 bridgehead atoms. The monoisotopic (exact) mass is 328 g/mol. The van der Waals surface area contributed by atoms with Crippen molar-refractivity contribution in [1.29, 1.82) is 0 Å². The number of halogens is 2. The smallest absolute Gasteiger partial charge is 0.265 e. The van der Waals surface area contributed by atoms with Gasteiger partial charge in [0.2, 0.25) is 0 Å². The van der Waals surface area contributed by atoms with E-state index in [2.05, 4.69) is 0 Å². The molecule has 0 aliphatic heterocycles. The third kappa shape index (κ3) is 3.02. The fourth-order valence-electron chi connectivity index (χ4n) is 1.86. The highest BCUT2D eigenvalue weighted by atomic mass is 35.5. The summed E-state index contributed by atoms with van der Waals surface area (Å²) in [6, 6.07) is 10.1. The molecule has 0 saturated heterocycles. The van der Waals surface area contributed by atoms with Gasteiger partial charge in [-0.2, -0.15) is 0 Å². The Kier molecular flexibility index (Phi) is 4.51. The molecular weight excluding hydrogens is 315 g/mol. The molecule has 112 valence electrons. The predicted octanol–water partition coefficient (Wildman–Crippen LogP) is 2.76. The first kappa shape index (κ1) is 15.8. The Morgan fingerprint density at radius 2 is 1.90 bits per heavy atom. The van der Waals surface area contributed by atoms with Crippen LogP contribution in [0.4, 0.5) is 10.1 Å². The number of hydrogen-bond acceptors (Lipinski definition) is 3. The van der Waals surface area contributed by atoms with Gasteiger partial charge in [-0.1, -0.05) is 29.8 Å². The Morgan fingerprint density at radius 3 is 2.52 bits per heavy atom. The van der Waals surface area contributed by atoms with Crippen LogP contribution in [0.25, 0.3) is 0 Å². The summed E-state index contributed by atoms with van der Waals surface area (Å²) in [6.07, 6.45) is 0. The Labute approximate surface area is 128 Å². The fraction of sp³-hybridized carbons (Fsp3) is 0.143. The number of hydrogen-bond donors (Lipinski definition) is 1. The molecule has 0 radical (unpaired) electrons. The SMILES string of the molecule is CN(c1ccccc1F)S(=O)(=O)c1cc(CN)ccc1Cl. The molecule has 2 N–H and O–H groups in total. The molecule has 2 rings (SSSR count). The number of para-hydroxylation sites is 1. The first-order chi connectivity index (χ1) is 9.87. The summed E-state index contributed by atoms with van der Waals surface area (Å²) in [5.41, 5.74) is 6.09. The van der Waals surface area contributed by atoms with Crippen LogP contribution in [-0.2, 0) is 16.6 Å². The lowest BCUT2D eigenvalue weighted by molar-refractivity contribution is 0.589. The van der Waals surface area contributed by atoms with Gasteiger partial charge in [-0.15, -0.1) is 0 Å². The van der Waals surface area contributed by atoms with Crippen LogP contribution in [0.2, 0.25) is 5.02 Å². The largest absolute Gasteiger partial charge is 0.326 e. The molecule has 2 aromatic carbocycles. The van der Waals surface area contributed by atoms with Crippen LogP contribution in [0.5, 0.6) is 0 Å². The molecule has 0 saturated carbocycles. The quantitative estimate of drug-likeness (QED) is 0.938. The minimum Gasteiger partial charge on any atom is -0.326 e. The van der Waals surface area contributed by atoms with Crippen molar-refractivity contribution in [1.82, 2.24) is 0 Å². The first-order valence-corrected chi connectivity index (χ1v) is 7.91. The number of nitrogens with zero attached hydrogens (tertiary/aromatic N) is 1. The summed E-state index contributed by atoms with van der Waals surface area (Å²) >= 11 is 5.97. The van der Waals surface area contributed by atoms with Crippen LogP contribution in [0.15, 0.2) is 47.4 Å². The minimum atomic E-state index is -3.97. The molecule has 0 fully saturated rings. The highest BCUT2D eigenvalue weighted by Crippen LogP contribution is 2.29. The van der Waals surface area contributed by atoms with E-state index in [0.717, 1.165) is 4.31 Å². The minimum absolute atomic E-state index is 0.0493. The average molecular weight is 329 g/mol. The molecule has 4 nitrogen and oxygen atoms in total. The lowest BCUT2D eigenvalue weighted by Crippen LogP contribution is -2.27. The Hall–Kier alpha value is -1.63. The zero-order valence-electron chi connectivity index (χ0n) is 11.3. The molecule has 7 heteroatoms. The van der Waals surface area contributed by atoms with E-state index in [0.29, 0.717) is 5.56 Å². The number of anilines is 1. The highest BCUT2D eigenvalue weighted by Gasteiger charge is 2.26. The van der Waals surface area contributed by atoms with Gasteiger partial charge in [0.1, 0.15) is 10.7 Å². The molecule has 0 aromatic heterocycles. The van der Waals surface area contributed by atoms with Crippen molar-refractivity contribution in [3.63, 3.8) is 0 Å². The van der Waals surface area contributed by atoms with Gasteiger partial charge < -0.3 is 5.73 Å². The first-order valence-electron chi connectivity index (χ1n) is 6.10. The molecule has 0 unspecified atom stereocenters. The molecule has 0 heterocycles. The van der Waals surface area contributed by atoms with E-state index in [1.807, 2.05) is 0 Å². The van der Waals surface area contributed by atoms with Crippen LogP contribution in [0, 0.1) is 5.82 Å². The number of sulfonamides is 1. The van der Waals surface area contributed by atoms with E-state index in [1.165, 1.54) is 37.4 Å². The van der Waals surface area contributed by atoms with Gasteiger partial charge in [0, 0.05) is 13.6 Å². The maximum atomic E-state index is 13.8. The molecule has 0 aliphatic carbocycles. The second-order valence-corrected chi connectivity index (χ2v) is 6.74. The third-order valence-corrected chi connectivity index (χ3v) is 5.31. The normalized spacial score (nSPS) is 11.4. The number of nitrogens with two attached hydrogens (primary N) is 1. The van der Waals surface area contributed by atoms with E-state index in [1.54, 1.807) is 12.1 Å². The lowest BCUT2D eigenvalue weighted by Gasteiger charge is -2.21. The standard InChI is InChI=1S/C14H14ClFN2O2S/c1-18(13-5-3-2-4-12(13)16)21(19,20)14-8-10(9-17)6-7-11(14)15/h2-8H,9,17H2,1H3. The molecule has 21 heavy (non-hydrogen) atoms. The molecule has 0 aliphatic rings. The van der Waals surface area contributed by atoms with E-state index in [-0.39, 0.29) is 22.2 Å². The summed E-state index contributed by atoms with van der Waals surface area (Å²) < 4.78 is 39.9. The average Bonchev–Trinajstić information content (AvgIpc) is 2.47. The van der Waals surface area contributed by atoms with Crippen LogP contribution >= 0.6 is 11.6 Å². The van der Waals surface area contributed by atoms with Gasteiger partial charge in [-0.05, 0) is 29.8 Å². The molecule has 2 aromatic rings. The number of rotatable bonds is 4. The highest BCUT2D eigenvalue weighted by molar-refractivity contribution is 7.93. The molecule has 0 amide bonds. The second-order valence-electron chi connectivity index (χ2n) is 4.39. The second kappa shape index (κ2) is 6.01. The van der Waals surface area contributed by atoms with E-state index in [4.69, 9.17) is 17.3 Å². The summed E-state index contributed by atoms with van der Waals surface area (Å²) in [5, 5.41) is 0.0652. The van der Waals surface area contributed by atoms with Gasteiger partial charge in [0.25, 0.3) is 10.0 Å². The van der Waals surface area contributed by atoms with Crippen LogP contribution in [0.1, 0.15) is 5.56 Å². The maximum Gasteiger partial charge on any atom is 0.265 e. The van der Waals surface area contributed by atoms with Gasteiger partial charge in [0.05, 0.1) is 10.7 Å². The van der Waals surface area contributed by atoms with E-state index < -0.39 is 15.8 Å². The zero-order chi connectivity index (χ0) is 15.6. The summed E-state index contributed by atoms with van der Waals surface area (Å²) in [7, 11) is -2.69. The predicted molar refractivity (Wildman–Crippen MR) is 81.3 cm³/mol. The van der Waals surface area contributed by atoms with E-state index in [9.17, 15) is 12.8 Å². The van der Waals surface area contributed by atoms with Crippen molar-refractivity contribution in [2.75, 3.05) is 11.4 Å². The summed E-state index contributed by atoms with van der Waals surface area (Å²) in [4.78, 5) is -0.0992. The lowest BCUT2D eigenvalue weighted by atomic mass is 10.2. The van der Waals surface area contributed by atoms with Gasteiger partial charge in [0.15, 0.2) is 0 Å². The Morgan fingerprint density at radius 1 is 1.24 bits per heavy atom. The zero-order valence-corrected chi connectivity index (χ0v) is 12.8. The van der Waals surface area contributed by atoms with Gasteiger partial charge in [-0.3, -0.25) is 4.31 Å². The van der Waals surface area contributed by atoms with Crippen molar-refractivity contribution in [3.8, 4) is 0 Å². The maximum absolute atomic E-state index is 13.8. The topological polar surface area (TPSA) is 63.4 Å². The van der Waals surface area contributed by atoms with Crippen molar-refractivity contribution in [2.24, 2.45) is 5.73 Å².